The summed E-state index contributed by atoms with van der Waals surface area (Å²) in [5.41, 5.74) is 13.2. The van der Waals surface area contributed by atoms with Crippen molar-refractivity contribution < 1.29 is 24.7 Å². The van der Waals surface area contributed by atoms with E-state index >= 15 is 0 Å². The fourth-order valence-corrected chi connectivity index (χ4v) is 15.7. The molecule has 20 rings (SSSR count). The zero-order valence-electron chi connectivity index (χ0n) is 76.1. The molecule has 106 heavy (non-hydrogen) atoms. The van der Waals surface area contributed by atoms with Crippen LogP contribution in [0.5, 0.6) is 0 Å². The third kappa shape index (κ3) is 10.9. The van der Waals surface area contributed by atoms with Crippen molar-refractivity contribution in [2.45, 2.75) is 38.5 Å². The van der Waals surface area contributed by atoms with Crippen LogP contribution in [0.4, 0.5) is 34.1 Å². The van der Waals surface area contributed by atoms with Crippen LogP contribution in [-0.2, 0) is 10.8 Å². The van der Waals surface area contributed by atoms with Crippen LogP contribution in [0.25, 0.3) is 122 Å². The van der Waals surface area contributed by atoms with Gasteiger partial charge < -0.3 is 18.9 Å². The minimum absolute atomic E-state index is 0.0194. The average molecular weight is 1380 g/mol. The second kappa shape index (κ2) is 25.9. The molecule has 2 heterocycles. The summed E-state index contributed by atoms with van der Waals surface area (Å²) in [6.07, 6.45) is 0. The normalized spacial score (nSPS) is 16.3. The first-order valence-corrected chi connectivity index (χ1v) is 35.4. The molecule has 16 aromatic carbocycles. The molecule has 4 nitrogen and oxygen atoms in total. The molecule has 0 saturated carbocycles. The molecule has 504 valence electrons. The van der Waals surface area contributed by atoms with Gasteiger partial charge in [-0.3, -0.25) is 0 Å². The predicted molar refractivity (Wildman–Crippen MR) is 448 cm³/mol. The molecular weight excluding hydrogens is 1280 g/mol. The lowest BCUT2D eigenvalue weighted by atomic mass is 9.82. The minimum atomic E-state index is -3.06. The first-order valence-electron chi connectivity index (χ1n) is 44.4. The van der Waals surface area contributed by atoms with Crippen molar-refractivity contribution in [2.75, 3.05) is 9.80 Å². The first kappa shape index (κ1) is 47.1. The summed E-state index contributed by atoms with van der Waals surface area (Å²) < 4.78 is 171. The molecule has 0 N–H and O–H groups in total. The highest BCUT2D eigenvalue weighted by molar-refractivity contribution is 6.12. The van der Waals surface area contributed by atoms with E-state index in [0.29, 0.717) is 16.7 Å². The van der Waals surface area contributed by atoms with Crippen molar-refractivity contribution in [1.29, 1.82) is 0 Å². The van der Waals surface area contributed by atoms with Crippen LogP contribution in [0.1, 0.15) is 74.6 Å². The van der Waals surface area contributed by atoms with Crippen molar-refractivity contribution in [2.24, 2.45) is 0 Å². The molecule has 4 heteroatoms. The Bertz CT molecular complexity index is 7440. The van der Waals surface area contributed by atoms with Crippen molar-refractivity contribution in [1.82, 2.24) is 9.13 Å². The third-order valence-electron chi connectivity index (χ3n) is 20.9. The highest BCUT2D eigenvalue weighted by Crippen LogP contribution is 2.53. The Hall–Kier alpha value is -13.3. The SMILES string of the molecule is [2H]c1c([2H])c(-c2ccc3c(c2)c2ccccc2n3-c2ccccc2)c([2H])c(N(c2ccc(-c3ccccc3)cc2)c2ccc3c(c2)C(C)(C)c2ccccc2-3)c1[2H].[2H]c1c([2H])c([2H])c2c(c1[2H])-c1c([2H])c([2H])c(N(c3ccc(-c4ccccc4)cc3)c3c([2H])c([2H])c([2H])c(-c4ccc5c(c4)c4ccccc4n5-c4ccccc4)c3[2H])c([2H])c1C2(C)C([2H])([2H])[2H]. The fourth-order valence-electron chi connectivity index (χ4n) is 15.7. The molecule has 1 atom stereocenters. The molecule has 0 aliphatic heterocycles. The lowest BCUT2D eigenvalue weighted by Gasteiger charge is -2.28. The Kier molecular flexibility index (Phi) is 11.5. The number of anilines is 6. The highest BCUT2D eigenvalue weighted by atomic mass is 15.1. The van der Waals surface area contributed by atoms with Gasteiger partial charge in [0.1, 0.15) is 0 Å². The van der Waals surface area contributed by atoms with Gasteiger partial charge in [0.2, 0.25) is 0 Å². The molecule has 0 saturated heterocycles. The maximum Gasteiger partial charge on any atom is 0.0651 e. The lowest BCUT2D eigenvalue weighted by molar-refractivity contribution is 0.660. The molecule has 1 unspecified atom stereocenters. The van der Waals surface area contributed by atoms with E-state index in [0.717, 1.165) is 94.2 Å². The highest BCUT2D eigenvalue weighted by Gasteiger charge is 2.37. The van der Waals surface area contributed by atoms with Crippen LogP contribution < -0.4 is 9.80 Å². The van der Waals surface area contributed by atoms with E-state index in [9.17, 15) is 15.1 Å². The molecule has 2 aliphatic rings. The van der Waals surface area contributed by atoms with Crippen LogP contribution in [0, 0.1) is 0 Å². The predicted octanol–water partition coefficient (Wildman–Crippen LogP) is 27.8. The molecule has 2 aromatic heterocycles. The van der Waals surface area contributed by atoms with Gasteiger partial charge in [-0.1, -0.05) is 282 Å². The van der Waals surface area contributed by atoms with Gasteiger partial charge in [-0.05, 0) is 222 Å². The first-order chi connectivity index (χ1) is 59.6. The molecule has 2 aliphatic carbocycles. The lowest BCUT2D eigenvalue weighted by Crippen LogP contribution is -2.16. The third-order valence-corrected chi connectivity index (χ3v) is 20.9. The number of fused-ring (bicyclic) bond motifs is 12. The van der Waals surface area contributed by atoms with Crippen LogP contribution >= 0.6 is 0 Å². The van der Waals surface area contributed by atoms with Crippen molar-refractivity contribution in [3.63, 3.8) is 0 Å². The Morgan fingerprint density at radius 2 is 0.679 bits per heavy atom. The summed E-state index contributed by atoms with van der Waals surface area (Å²) in [4.78, 5) is 3.18. The fraction of sp³-hybridized carbons (Fsp3) is 0.0588. The molecular formula is C102H76N4. The van der Waals surface area contributed by atoms with Crippen LogP contribution in [0.3, 0.4) is 0 Å². The monoisotopic (exact) mass is 1370 g/mol. The van der Waals surface area contributed by atoms with Crippen LogP contribution in [-0.4, -0.2) is 9.13 Å². The number of para-hydroxylation sites is 4. The second-order valence-corrected chi connectivity index (χ2v) is 27.5. The van der Waals surface area contributed by atoms with Gasteiger partial charge in [0.25, 0.3) is 0 Å². The Balaban J connectivity index is 0.000000165. The quantitative estimate of drug-likeness (QED) is 0.121. The maximum atomic E-state index is 10.0. The molecule has 0 amide bonds. The van der Waals surface area contributed by atoms with E-state index in [1.54, 1.807) is 30.3 Å². The summed E-state index contributed by atoms with van der Waals surface area (Å²) in [5, 5.41) is 3.73. The largest absolute Gasteiger partial charge is 0.310 e. The van der Waals surface area contributed by atoms with E-state index < -0.39 is 84.4 Å². The summed E-state index contributed by atoms with van der Waals surface area (Å²) in [6, 6.07) is 90.3. The van der Waals surface area contributed by atoms with Crippen molar-refractivity contribution in [3.8, 4) is 78.1 Å². The van der Waals surface area contributed by atoms with E-state index in [1.165, 1.54) is 28.5 Å². The van der Waals surface area contributed by atoms with E-state index in [1.807, 2.05) is 175 Å². The number of hydrogen-bond donors (Lipinski definition) is 0. The number of aromatic nitrogens is 2. The molecule has 18 aromatic rings. The van der Waals surface area contributed by atoms with Crippen molar-refractivity contribution >= 4 is 77.7 Å². The number of rotatable bonds is 12. The summed E-state index contributed by atoms with van der Waals surface area (Å²) in [5.74, 6) is 0. The molecule has 0 spiro atoms. The summed E-state index contributed by atoms with van der Waals surface area (Å²) in [7, 11) is 0. The number of hydrogen-bond acceptors (Lipinski definition) is 2. The molecule has 0 radical (unpaired) electrons. The standard InChI is InChI=1S/2C51H38N2/c2*1-51(2)47-22-11-9-20-43(47)44-30-29-42(34-48(44)51)52(40-27-24-36(25-28-40)35-14-5-3-6-15-35)41-19-13-16-37(32-41)38-26-31-50-46(33-38)45-21-10-12-23-49(45)53(50)39-17-7-4-8-18-39/h2*3-34H,1-2H3/i1D3,9D,11D,13D,16D,19D,20D,22D,29D,30D,32D,34D;13D,16D,19D,32D. The van der Waals surface area contributed by atoms with Crippen LogP contribution in [0.2, 0.25) is 0 Å². The minimum Gasteiger partial charge on any atom is -0.310 e. The van der Waals surface area contributed by atoms with Gasteiger partial charge in [0.05, 0.1) is 42.6 Å². The zero-order valence-corrected chi connectivity index (χ0v) is 58.1. The Morgan fingerprint density at radius 3 is 1.23 bits per heavy atom. The topological polar surface area (TPSA) is 16.3 Å². The average Bonchev–Trinajstić information content (AvgIpc) is 1.51. The van der Waals surface area contributed by atoms with Gasteiger partial charge in [-0.15, -0.1) is 0 Å². The van der Waals surface area contributed by atoms with Gasteiger partial charge in [-0.2, -0.15) is 0 Å². The summed E-state index contributed by atoms with van der Waals surface area (Å²) >= 11 is 0. The maximum absolute atomic E-state index is 10.0. The number of nitrogens with zero attached hydrogens (tertiary/aromatic N) is 4. The molecule has 0 fully saturated rings. The van der Waals surface area contributed by atoms with Gasteiger partial charge in [0, 0.05) is 82.0 Å². The summed E-state index contributed by atoms with van der Waals surface area (Å²) in [6.45, 7) is 2.67. The Morgan fingerprint density at radius 1 is 0.255 bits per heavy atom. The van der Waals surface area contributed by atoms with Gasteiger partial charge in [0.15, 0.2) is 0 Å². The van der Waals surface area contributed by atoms with E-state index in [-0.39, 0.29) is 74.5 Å². The van der Waals surface area contributed by atoms with E-state index in [4.69, 9.17) is 9.60 Å². The van der Waals surface area contributed by atoms with E-state index in [2.05, 4.69) is 120 Å². The van der Waals surface area contributed by atoms with Gasteiger partial charge >= 0.3 is 0 Å². The second-order valence-electron chi connectivity index (χ2n) is 27.5. The van der Waals surface area contributed by atoms with Gasteiger partial charge in [-0.25, -0.2) is 0 Å². The number of benzene rings is 16. The van der Waals surface area contributed by atoms with Crippen LogP contribution in [0.15, 0.2) is 388 Å². The zero-order chi connectivity index (χ0) is 86.6. The molecule has 0 bridgehead atoms. The smallest absolute Gasteiger partial charge is 0.0651 e. The Labute approximate surface area is 645 Å². The van der Waals surface area contributed by atoms with Crippen molar-refractivity contribution in [3.05, 3.63) is 410 Å².